The van der Waals surface area contributed by atoms with Crippen molar-refractivity contribution in [2.45, 2.75) is 13.3 Å². The summed E-state index contributed by atoms with van der Waals surface area (Å²) >= 11 is 2.18. The van der Waals surface area contributed by atoms with E-state index in [1.807, 2.05) is 37.3 Å². The highest BCUT2D eigenvalue weighted by Crippen LogP contribution is 2.33. The van der Waals surface area contributed by atoms with Crippen LogP contribution in [0.15, 0.2) is 35.4 Å². The molecule has 3 rings (SSSR count). The van der Waals surface area contributed by atoms with Gasteiger partial charge in [-0.05, 0) is 64.9 Å². The van der Waals surface area contributed by atoms with Crippen molar-refractivity contribution in [2.24, 2.45) is 5.10 Å². The fraction of sp³-hybridized carbons (Fsp3) is 0.300. The summed E-state index contributed by atoms with van der Waals surface area (Å²) < 4.78 is 22.9. The molecule has 7 nitrogen and oxygen atoms in total. The molecule has 8 heteroatoms. The Balaban J connectivity index is 1.61. The molecule has 1 aliphatic rings. The average molecular weight is 496 g/mol. The van der Waals surface area contributed by atoms with E-state index in [0.717, 1.165) is 14.7 Å². The van der Waals surface area contributed by atoms with Gasteiger partial charge in [0, 0.05) is 0 Å². The van der Waals surface area contributed by atoms with Crippen molar-refractivity contribution in [3.63, 3.8) is 0 Å². The third kappa shape index (κ3) is 5.06. The zero-order chi connectivity index (χ0) is 19.9. The van der Waals surface area contributed by atoms with Crippen LogP contribution in [0, 0.1) is 3.57 Å². The molecule has 0 aromatic heterocycles. The van der Waals surface area contributed by atoms with Gasteiger partial charge < -0.3 is 18.9 Å². The van der Waals surface area contributed by atoms with Crippen LogP contribution in [0.3, 0.4) is 0 Å². The number of hydrogen-bond acceptors (Lipinski definition) is 6. The van der Waals surface area contributed by atoms with Crippen molar-refractivity contribution in [3.05, 3.63) is 45.0 Å². The molecule has 2 aromatic rings. The van der Waals surface area contributed by atoms with Gasteiger partial charge >= 0.3 is 0 Å². The third-order valence-corrected chi connectivity index (χ3v) is 4.72. The summed E-state index contributed by atoms with van der Waals surface area (Å²) in [5.41, 5.74) is 4.16. The van der Waals surface area contributed by atoms with Crippen LogP contribution in [0.4, 0.5) is 0 Å². The number of hydrazone groups is 1. The van der Waals surface area contributed by atoms with Gasteiger partial charge in [-0.3, -0.25) is 4.79 Å². The lowest BCUT2D eigenvalue weighted by Crippen LogP contribution is -2.20. The quantitative estimate of drug-likeness (QED) is 0.362. The summed E-state index contributed by atoms with van der Waals surface area (Å²) in [6.45, 7) is 3.52. The number of halogens is 1. The number of benzene rings is 2. The number of amides is 1. The van der Waals surface area contributed by atoms with Crippen LogP contribution in [0.1, 0.15) is 18.1 Å². The highest BCUT2D eigenvalue weighted by molar-refractivity contribution is 14.1. The van der Waals surface area contributed by atoms with E-state index in [9.17, 15) is 4.79 Å². The fourth-order valence-corrected chi connectivity index (χ4v) is 3.48. The molecule has 1 aliphatic heterocycles. The number of ether oxygens (including phenoxy) is 4. The van der Waals surface area contributed by atoms with Crippen LogP contribution in [0.5, 0.6) is 23.0 Å². The number of rotatable bonds is 7. The molecule has 0 atom stereocenters. The van der Waals surface area contributed by atoms with Gasteiger partial charge in [-0.1, -0.05) is 6.07 Å². The number of nitrogens with zero attached hydrogens (tertiary/aromatic N) is 1. The molecule has 1 heterocycles. The molecule has 1 N–H and O–H groups in total. The number of fused-ring (bicyclic) bond motifs is 1. The van der Waals surface area contributed by atoms with Crippen LogP contribution in [0.25, 0.3) is 0 Å². The monoisotopic (exact) mass is 496 g/mol. The lowest BCUT2D eigenvalue weighted by molar-refractivity contribution is -0.120. The molecule has 0 spiro atoms. The molecule has 0 bridgehead atoms. The van der Waals surface area contributed by atoms with Gasteiger partial charge in [0.1, 0.15) is 13.2 Å². The topological polar surface area (TPSA) is 78.4 Å². The Morgan fingerprint density at radius 2 is 2.04 bits per heavy atom. The van der Waals surface area contributed by atoms with Gasteiger partial charge in [-0.25, -0.2) is 5.43 Å². The highest BCUT2D eigenvalue weighted by Gasteiger charge is 2.13. The number of nitrogens with one attached hydrogen (secondary N) is 1. The minimum atomic E-state index is -0.222. The first-order chi connectivity index (χ1) is 13.6. The number of carbonyl (C=O) groups excluding carboxylic acids is 1. The Morgan fingerprint density at radius 1 is 1.25 bits per heavy atom. The first-order valence-electron chi connectivity index (χ1n) is 8.81. The van der Waals surface area contributed by atoms with Gasteiger partial charge in [0.2, 0.25) is 5.91 Å². The van der Waals surface area contributed by atoms with Crippen LogP contribution in [0.2, 0.25) is 0 Å². The Hall–Kier alpha value is -2.49. The van der Waals surface area contributed by atoms with Gasteiger partial charge in [0.25, 0.3) is 0 Å². The SMILES string of the molecule is CCOc1c(I)cc(/C=N/NC(=O)Cc2ccc3c(c2)OCCO3)cc1OC. The van der Waals surface area contributed by atoms with Gasteiger partial charge in [0.15, 0.2) is 23.0 Å². The second kappa shape index (κ2) is 9.63. The summed E-state index contributed by atoms with van der Waals surface area (Å²) in [6, 6.07) is 9.19. The van der Waals surface area contributed by atoms with Gasteiger partial charge in [-0.15, -0.1) is 0 Å². The minimum absolute atomic E-state index is 0.193. The molecule has 0 saturated carbocycles. The summed E-state index contributed by atoms with van der Waals surface area (Å²) in [5, 5.41) is 4.04. The van der Waals surface area contributed by atoms with E-state index < -0.39 is 0 Å². The molecule has 0 radical (unpaired) electrons. The molecule has 28 heavy (non-hydrogen) atoms. The minimum Gasteiger partial charge on any atom is -0.493 e. The predicted molar refractivity (Wildman–Crippen MR) is 114 cm³/mol. The van der Waals surface area contributed by atoms with Crippen molar-refractivity contribution >= 4 is 34.7 Å². The van der Waals surface area contributed by atoms with E-state index in [-0.39, 0.29) is 12.3 Å². The number of carbonyl (C=O) groups is 1. The first-order valence-corrected chi connectivity index (χ1v) is 9.89. The first kappa shape index (κ1) is 20.2. The van der Waals surface area contributed by atoms with Crippen LogP contribution >= 0.6 is 22.6 Å². The normalized spacial score (nSPS) is 12.7. The summed E-state index contributed by atoms with van der Waals surface area (Å²) in [7, 11) is 1.59. The van der Waals surface area contributed by atoms with Crippen LogP contribution in [-0.4, -0.2) is 39.1 Å². The maximum absolute atomic E-state index is 12.2. The highest BCUT2D eigenvalue weighted by atomic mass is 127. The van der Waals surface area contributed by atoms with E-state index >= 15 is 0 Å². The van der Waals surface area contributed by atoms with Crippen LogP contribution in [-0.2, 0) is 11.2 Å². The zero-order valence-electron chi connectivity index (χ0n) is 15.7. The molecule has 0 aliphatic carbocycles. The molecule has 0 fully saturated rings. The maximum atomic E-state index is 12.2. The Morgan fingerprint density at radius 3 is 2.79 bits per heavy atom. The smallest absolute Gasteiger partial charge is 0.244 e. The lowest BCUT2D eigenvalue weighted by Gasteiger charge is -2.18. The summed E-state index contributed by atoms with van der Waals surface area (Å²) in [6.07, 6.45) is 1.76. The predicted octanol–water partition coefficient (Wildman–Crippen LogP) is 3.16. The van der Waals surface area contributed by atoms with Gasteiger partial charge in [0.05, 0.1) is 29.9 Å². The van der Waals surface area contributed by atoms with E-state index in [4.69, 9.17) is 18.9 Å². The number of hydrogen-bond donors (Lipinski definition) is 1. The molecule has 148 valence electrons. The molecule has 2 aromatic carbocycles. The zero-order valence-corrected chi connectivity index (χ0v) is 17.8. The standard InChI is InChI=1S/C20H21IN2O5/c1-3-26-20-15(21)8-14(10-18(20)25-2)12-22-23-19(24)11-13-4-5-16-17(9-13)28-7-6-27-16/h4-5,8-10,12H,3,6-7,11H2,1-2H3,(H,23,24)/b22-12+. The Kier molecular flexibility index (Phi) is 6.96. The Bertz CT molecular complexity index is 885. The second-order valence-corrected chi connectivity index (χ2v) is 7.08. The van der Waals surface area contributed by atoms with Crippen molar-refractivity contribution in [3.8, 4) is 23.0 Å². The summed E-state index contributed by atoms with van der Waals surface area (Å²) in [4.78, 5) is 12.2. The van der Waals surface area contributed by atoms with E-state index in [1.54, 1.807) is 13.3 Å². The van der Waals surface area contributed by atoms with Crippen molar-refractivity contribution in [2.75, 3.05) is 26.9 Å². The van der Waals surface area contributed by atoms with Crippen molar-refractivity contribution in [1.29, 1.82) is 0 Å². The number of methoxy groups -OCH3 is 1. The molecule has 0 unspecified atom stereocenters. The molecule has 1 amide bonds. The maximum Gasteiger partial charge on any atom is 0.244 e. The second-order valence-electron chi connectivity index (χ2n) is 5.92. The van der Waals surface area contributed by atoms with Crippen molar-refractivity contribution in [1.82, 2.24) is 5.43 Å². The lowest BCUT2D eigenvalue weighted by atomic mass is 10.1. The molecular formula is C20H21IN2O5. The van der Waals surface area contributed by atoms with E-state index in [0.29, 0.717) is 42.8 Å². The Labute approximate surface area is 177 Å². The largest absolute Gasteiger partial charge is 0.493 e. The van der Waals surface area contributed by atoms with Crippen LogP contribution < -0.4 is 24.4 Å². The molecule has 0 saturated heterocycles. The third-order valence-electron chi connectivity index (χ3n) is 3.91. The van der Waals surface area contributed by atoms with E-state index in [2.05, 4.69) is 33.1 Å². The average Bonchev–Trinajstić information content (AvgIpc) is 2.69. The summed E-state index contributed by atoms with van der Waals surface area (Å²) in [5.74, 6) is 2.47. The van der Waals surface area contributed by atoms with Crippen molar-refractivity contribution < 1.29 is 23.7 Å². The van der Waals surface area contributed by atoms with Gasteiger partial charge in [-0.2, -0.15) is 5.10 Å². The fourth-order valence-electron chi connectivity index (χ4n) is 2.70. The molecular weight excluding hydrogens is 475 g/mol. The van der Waals surface area contributed by atoms with E-state index in [1.165, 1.54) is 0 Å².